The second-order valence-electron chi connectivity index (χ2n) is 5.91. The molecule has 11 heteroatoms. The van der Waals surface area contributed by atoms with E-state index >= 15 is 0 Å². The van der Waals surface area contributed by atoms with Crippen LogP contribution in [-0.4, -0.2) is 34.1 Å². The summed E-state index contributed by atoms with van der Waals surface area (Å²) in [6, 6.07) is 5.44. The van der Waals surface area contributed by atoms with Crippen LogP contribution in [0.2, 0.25) is 5.02 Å². The fraction of sp³-hybridized carbons (Fsp3) is 0.278. The van der Waals surface area contributed by atoms with Crippen molar-refractivity contribution in [3.63, 3.8) is 0 Å². The topological polar surface area (TPSA) is 97.8 Å². The number of aliphatic carboxylic acids is 1. The molecule has 0 radical (unpaired) electrons. The number of nitrogens with one attached hydrogen (secondary N) is 1. The minimum atomic E-state index is -4.57. The van der Waals surface area contributed by atoms with Gasteiger partial charge in [0.2, 0.25) is 5.88 Å². The predicted octanol–water partition coefficient (Wildman–Crippen LogP) is 3.90. The number of carbonyl (C=O) groups excluding carboxylic acids is 1. The highest BCUT2D eigenvalue weighted by molar-refractivity contribution is 6.31. The van der Waals surface area contributed by atoms with Crippen LogP contribution in [0.15, 0.2) is 36.5 Å². The number of aromatic nitrogens is 1. The first kappa shape index (κ1) is 22.3. The Kier molecular flexibility index (Phi) is 6.91. The average molecular weight is 433 g/mol. The van der Waals surface area contributed by atoms with Gasteiger partial charge in [-0.25, -0.2) is 4.98 Å². The van der Waals surface area contributed by atoms with Gasteiger partial charge in [-0.05, 0) is 44.2 Å². The van der Waals surface area contributed by atoms with Crippen molar-refractivity contribution in [3.8, 4) is 17.4 Å². The zero-order valence-corrected chi connectivity index (χ0v) is 15.9. The summed E-state index contributed by atoms with van der Waals surface area (Å²) in [6.45, 7) is 2.76. The predicted molar refractivity (Wildman–Crippen MR) is 96.1 cm³/mol. The zero-order valence-electron chi connectivity index (χ0n) is 15.2. The maximum absolute atomic E-state index is 12.6. The SMILES string of the molecule is CC(Oc1ccc(Oc2ncc(C(F)(F)F)cc2Cl)cc1)C(=O)N[C@@H](C)C(=O)O. The third-order valence-corrected chi connectivity index (χ3v) is 3.86. The van der Waals surface area contributed by atoms with Crippen LogP contribution in [0, 0.1) is 0 Å². The number of hydrogen-bond acceptors (Lipinski definition) is 5. The van der Waals surface area contributed by atoms with Gasteiger partial charge >= 0.3 is 12.1 Å². The Bertz CT molecular complexity index is 890. The number of carbonyl (C=O) groups is 2. The fourth-order valence-electron chi connectivity index (χ4n) is 2.00. The van der Waals surface area contributed by atoms with Crippen molar-refractivity contribution < 1.29 is 37.3 Å². The number of amides is 1. The normalized spacial score (nSPS) is 13.3. The van der Waals surface area contributed by atoms with Crippen LogP contribution in [0.1, 0.15) is 19.4 Å². The number of pyridine rings is 1. The van der Waals surface area contributed by atoms with Gasteiger partial charge in [-0.2, -0.15) is 13.2 Å². The zero-order chi connectivity index (χ0) is 21.8. The molecule has 2 aromatic rings. The van der Waals surface area contributed by atoms with Crippen LogP contribution in [-0.2, 0) is 15.8 Å². The molecule has 156 valence electrons. The molecule has 0 saturated heterocycles. The number of halogens is 4. The van der Waals surface area contributed by atoms with Gasteiger partial charge in [0.15, 0.2) is 6.10 Å². The molecular weight excluding hydrogens is 417 g/mol. The van der Waals surface area contributed by atoms with Gasteiger partial charge in [-0.3, -0.25) is 9.59 Å². The Hall–Kier alpha value is -3.01. The minimum absolute atomic E-state index is 0.205. The first-order valence-electron chi connectivity index (χ1n) is 8.18. The Labute approximate surface area is 168 Å². The number of hydrogen-bond donors (Lipinski definition) is 2. The summed E-state index contributed by atoms with van der Waals surface area (Å²) in [6.07, 6.45) is -4.93. The number of benzene rings is 1. The molecule has 0 spiro atoms. The van der Waals surface area contributed by atoms with Crippen molar-refractivity contribution in [2.24, 2.45) is 0 Å². The standard InChI is InChI=1S/C18H16ClF3N2O5/c1-9(17(26)27)24-15(25)10(2)28-12-3-5-13(6-4-12)29-16-14(19)7-11(8-23-16)18(20,21)22/h3-10H,1-2H3,(H,24,25)(H,26,27)/t9-,10?/m0/s1. The van der Waals surface area contributed by atoms with Crippen LogP contribution in [0.5, 0.6) is 17.4 Å². The van der Waals surface area contributed by atoms with E-state index in [1.165, 1.54) is 38.1 Å². The second kappa shape index (κ2) is 8.99. The van der Waals surface area contributed by atoms with E-state index in [-0.39, 0.29) is 22.4 Å². The van der Waals surface area contributed by atoms with Crippen molar-refractivity contribution in [1.29, 1.82) is 0 Å². The Morgan fingerprint density at radius 3 is 2.28 bits per heavy atom. The van der Waals surface area contributed by atoms with E-state index in [4.69, 9.17) is 26.2 Å². The Morgan fingerprint density at radius 1 is 1.17 bits per heavy atom. The van der Waals surface area contributed by atoms with E-state index < -0.39 is 35.8 Å². The lowest BCUT2D eigenvalue weighted by Crippen LogP contribution is -2.44. The second-order valence-corrected chi connectivity index (χ2v) is 6.32. The molecule has 1 aromatic heterocycles. The molecule has 7 nitrogen and oxygen atoms in total. The lowest BCUT2D eigenvalue weighted by molar-refractivity contribution is -0.142. The summed E-state index contributed by atoms with van der Waals surface area (Å²) in [5.74, 6) is -1.48. The molecule has 0 aliphatic rings. The summed E-state index contributed by atoms with van der Waals surface area (Å²) < 4.78 is 48.7. The molecule has 1 heterocycles. The molecule has 2 rings (SSSR count). The van der Waals surface area contributed by atoms with Crippen LogP contribution >= 0.6 is 11.6 Å². The molecular formula is C18H16ClF3N2O5. The molecule has 2 atom stereocenters. The fourth-order valence-corrected chi connectivity index (χ4v) is 2.21. The third-order valence-electron chi connectivity index (χ3n) is 3.58. The van der Waals surface area contributed by atoms with Gasteiger partial charge in [-0.1, -0.05) is 11.6 Å². The molecule has 1 unspecified atom stereocenters. The van der Waals surface area contributed by atoms with Gasteiger partial charge in [0.25, 0.3) is 5.91 Å². The molecule has 1 amide bonds. The molecule has 2 N–H and O–H groups in total. The number of alkyl halides is 3. The van der Waals surface area contributed by atoms with Crippen molar-refractivity contribution in [2.75, 3.05) is 0 Å². The van der Waals surface area contributed by atoms with Crippen molar-refractivity contribution >= 4 is 23.5 Å². The number of ether oxygens (including phenoxy) is 2. The van der Waals surface area contributed by atoms with Crippen LogP contribution in [0.3, 0.4) is 0 Å². The number of nitrogens with zero attached hydrogens (tertiary/aromatic N) is 1. The maximum atomic E-state index is 12.6. The number of rotatable bonds is 7. The van der Waals surface area contributed by atoms with Gasteiger partial charge in [0.1, 0.15) is 22.6 Å². The molecule has 0 bridgehead atoms. The number of carboxylic acids is 1. The number of carboxylic acid groups (broad SMARTS) is 1. The van der Waals surface area contributed by atoms with Crippen molar-refractivity contribution in [3.05, 3.63) is 47.1 Å². The Morgan fingerprint density at radius 2 is 1.76 bits per heavy atom. The van der Waals surface area contributed by atoms with Crippen molar-refractivity contribution in [2.45, 2.75) is 32.2 Å². The summed E-state index contributed by atoms with van der Waals surface area (Å²) >= 11 is 5.79. The molecule has 29 heavy (non-hydrogen) atoms. The van der Waals surface area contributed by atoms with E-state index in [0.717, 1.165) is 0 Å². The van der Waals surface area contributed by atoms with Crippen LogP contribution < -0.4 is 14.8 Å². The maximum Gasteiger partial charge on any atom is 0.417 e. The highest BCUT2D eigenvalue weighted by Crippen LogP contribution is 2.34. The molecule has 1 aromatic carbocycles. The molecule has 0 saturated carbocycles. The largest absolute Gasteiger partial charge is 0.481 e. The van der Waals surface area contributed by atoms with Gasteiger partial charge < -0.3 is 19.9 Å². The van der Waals surface area contributed by atoms with Crippen LogP contribution in [0.4, 0.5) is 13.2 Å². The smallest absolute Gasteiger partial charge is 0.417 e. The van der Waals surface area contributed by atoms with E-state index in [1.807, 2.05) is 0 Å². The van der Waals surface area contributed by atoms with Gasteiger partial charge in [0, 0.05) is 6.20 Å². The minimum Gasteiger partial charge on any atom is -0.481 e. The van der Waals surface area contributed by atoms with E-state index in [0.29, 0.717) is 12.3 Å². The van der Waals surface area contributed by atoms with Gasteiger partial charge in [0.05, 0.1) is 5.56 Å². The highest BCUT2D eigenvalue weighted by Gasteiger charge is 2.31. The first-order chi connectivity index (χ1) is 13.5. The van der Waals surface area contributed by atoms with Crippen LogP contribution in [0.25, 0.3) is 0 Å². The molecule has 0 aliphatic heterocycles. The summed E-state index contributed by atoms with van der Waals surface area (Å²) in [4.78, 5) is 26.2. The van der Waals surface area contributed by atoms with Crippen molar-refractivity contribution in [1.82, 2.24) is 10.3 Å². The van der Waals surface area contributed by atoms with E-state index in [1.54, 1.807) is 0 Å². The lowest BCUT2D eigenvalue weighted by atomic mass is 10.3. The molecule has 0 fully saturated rings. The van der Waals surface area contributed by atoms with E-state index in [2.05, 4.69) is 10.3 Å². The van der Waals surface area contributed by atoms with E-state index in [9.17, 15) is 22.8 Å². The monoisotopic (exact) mass is 432 g/mol. The summed E-state index contributed by atoms with van der Waals surface area (Å²) in [7, 11) is 0. The summed E-state index contributed by atoms with van der Waals surface area (Å²) in [5, 5.41) is 10.8. The average Bonchev–Trinajstić information content (AvgIpc) is 2.63. The first-order valence-corrected chi connectivity index (χ1v) is 8.55. The quantitative estimate of drug-likeness (QED) is 0.688. The Balaban J connectivity index is 2.00. The molecule has 0 aliphatic carbocycles. The van der Waals surface area contributed by atoms with Gasteiger partial charge in [-0.15, -0.1) is 0 Å². The summed E-state index contributed by atoms with van der Waals surface area (Å²) in [5.41, 5.74) is -0.997. The lowest BCUT2D eigenvalue weighted by Gasteiger charge is -2.16. The third kappa shape index (κ3) is 6.24. The highest BCUT2D eigenvalue weighted by atomic mass is 35.5.